The number of nitrogens with one attached hydrogen (secondary N) is 1. The van der Waals surface area contributed by atoms with Crippen molar-refractivity contribution < 1.29 is 40.7 Å². The summed E-state index contributed by atoms with van der Waals surface area (Å²) in [5, 5.41) is 2.22. The lowest BCUT2D eigenvalue weighted by Crippen LogP contribution is -2.18. The molecule has 0 aliphatic carbocycles. The van der Waals surface area contributed by atoms with Crippen molar-refractivity contribution in [2.75, 3.05) is 5.32 Å². The fraction of sp³-hybridized carbons (Fsp3) is 0.125. The molecule has 3 rings (SSSR count). The van der Waals surface area contributed by atoms with E-state index >= 15 is 0 Å². The summed E-state index contributed by atoms with van der Waals surface area (Å²) in [5.74, 6) is -1.77. The molecule has 0 aliphatic rings. The molecule has 4 nitrogen and oxygen atoms in total. The summed E-state index contributed by atoms with van der Waals surface area (Å²) in [7, 11) is 0. The maximum absolute atomic E-state index is 13.1. The van der Waals surface area contributed by atoms with E-state index in [0.29, 0.717) is 35.1 Å². The third kappa shape index (κ3) is 5.51. The number of ketones is 1. The van der Waals surface area contributed by atoms with Crippen molar-refractivity contribution in [2.45, 2.75) is 19.3 Å². The molecule has 176 valence electrons. The van der Waals surface area contributed by atoms with E-state index in [0.717, 1.165) is 0 Å². The topological polar surface area (TPSA) is 63.2 Å². The first-order valence-corrected chi connectivity index (χ1v) is 9.61. The number of hydrogen-bond donors (Lipinski definition) is 1. The normalized spacial score (nSPS) is 11.7. The predicted molar refractivity (Wildman–Crippen MR) is 112 cm³/mol. The Labute approximate surface area is 189 Å². The van der Waals surface area contributed by atoms with Gasteiger partial charge in [-0.25, -0.2) is 0 Å². The average molecular weight is 479 g/mol. The van der Waals surface area contributed by atoms with Crippen LogP contribution in [0.1, 0.15) is 49.1 Å². The Morgan fingerprint density at radius 1 is 0.794 bits per heavy atom. The van der Waals surface area contributed by atoms with Crippen LogP contribution >= 0.6 is 0 Å². The van der Waals surface area contributed by atoms with Gasteiger partial charge in [0.1, 0.15) is 6.29 Å². The first-order valence-electron chi connectivity index (χ1n) is 9.61. The number of amides is 1. The van der Waals surface area contributed by atoms with E-state index in [1.54, 1.807) is 24.3 Å². The van der Waals surface area contributed by atoms with Crippen LogP contribution in [0.4, 0.5) is 32.0 Å². The summed E-state index contributed by atoms with van der Waals surface area (Å²) in [6.07, 6.45) is -9.59. The number of Topliss-reactive ketones (excluding diaryl/α,β-unsaturated/α-hetero) is 1. The zero-order valence-corrected chi connectivity index (χ0v) is 17.3. The van der Waals surface area contributed by atoms with Crippen LogP contribution < -0.4 is 5.32 Å². The van der Waals surface area contributed by atoms with Gasteiger partial charge in [-0.05, 0) is 54.4 Å². The molecule has 0 saturated carbocycles. The minimum Gasteiger partial charge on any atom is -0.321 e. The Morgan fingerprint density at radius 2 is 1.38 bits per heavy atom. The molecule has 0 saturated heterocycles. The van der Waals surface area contributed by atoms with E-state index < -0.39 is 40.7 Å². The molecule has 0 spiro atoms. The second kappa shape index (κ2) is 9.12. The highest BCUT2D eigenvalue weighted by Gasteiger charge is 2.37. The molecule has 0 unspecified atom stereocenters. The average Bonchev–Trinajstić information content (AvgIpc) is 2.77. The van der Waals surface area contributed by atoms with Gasteiger partial charge in [0.25, 0.3) is 5.91 Å². The van der Waals surface area contributed by atoms with E-state index in [1.807, 2.05) is 0 Å². The van der Waals surface area contributed by atoms with Gasteiger partial charge in [0, 0.05) is 16.7 Å². The second-order valence-electron chi connectivity index (χ2n) is 7.31. The summed E-state index contributed by atoms with van der Waals surface area (Å²) in [4.78, 5) is 35.8. The molecule has 10 heteroatoms. The molecule has 1 amide bonds. The number of carbonyl (C=O) groups is 3. The predicted octanol–water partition coefficient (Wildman–Crippen LogP) is 6.66. The van der Waals surface area contributed by atoms with Crippen molar-refractivity contribution in [2.24, 2.45) is 0 Å². The van der Waals surface area contributed by atoms with E-state index in [4.69, 9.17) is 0 Å². The number of alkyl halides is 6. The second-order valence-corrected chi connectivity index (χ2v) is 7.31. The maximum atomic E-state index is 13.1. The van der Waals surface area contributed by atoms with Crippen molar-refractivity contribution in [1.82, 2.24) is 0 Å². The largest absolute Gasteiger partial charge is 0.416 e. The number of rotatable bonds is 5. The van der Waals surface area contributed by atoms with E-state index in [2.05, 4.69) is 5.32 Å². The number of halogens is 6. The quantitative estimate of drug-likeness (QED) is 0.253. The highest BCUT2D eigenvalue weighted by atomic mass is 19.4. The molecule has 0 aliphatic heterocycles. The molecule has 0 heterocycles. The van der Waals surface area contributed by atoms with Crippen LogP contribution in [0.3, 0.4) is 0 Å². The molecule has 0 fully saturated rings. The van der Waals surface area contributed by atoms with E-state index in [9.17, 15) is 40.7 Å². The van der Waals surface area contributed by atoms with Gasteiger partial charge in [-0.15, -0.1) is 0 Å². The number of carbonyl (C=O) groups excluding carboxylic acids is 3. The lowest BCUT2D eigenvalue weighted by atomic mass is 9.98. The van der Waals surface area contributed by atoms with Gasteiger partial charge in [-0.1, -0.05) is 24.3 Å². The van der Waals surface area contributed by atoms with Crippen molar-refractivity contribution >= 4 is 23.7 Å². The molecule has 34 heavy (non-hydrogen) atoms. The van der Waals surface area contributed by atoms with E-state index in [1.165, 1.54) is 25.1 Å². The molecule has 1 N–H and O–H groups in total. The Bertz CT molecular complexity index is 1250. The zero-order chi connectivity index (χ0) is 25.3. The Kier molecular flexibility index (Phi) is 6.63. The molecule has 0 bridgehead atoms. The summed E-state index contributed by atoms with van der Waals surface area (Å²) in [5.41, 5.74) is -2.80. The van der Waals surface area contributed by atoms with Crippen LogP contribution in [0.25, 0.3) is 11.1 Å². The monoisotopic (exact) mass is 479 g/mol. The minimum absolute atomic E-state index is 0.0228. The molecule has 0 aromatic heterocycles. The van der Waals surface area contributed by atoms with Crippen LogP contribution in [-0.2, 0) is 12.4 Å². The SMILES string of the molecule is CC(=O)c1cc(-c2cccc(C=O)c2)ccc1NC(=O)c1cc(C(F)(F)F)cc(C(F)(F)F)c1. The first-order chi connectivity index (χ1) is 15.8. The van der Waals surface area contributed by atoms with E-state index in [-0.39, 0.29) is 17.3 Å². The minimum atomic E-state index is -5.11. The number of benzene rings is 3. The Hall–Kier alpha value is -3.95. The van der Waals surface area contributed by atoms with Crippen molar-refractivity contribution in [3.8, 4) is 11.1 Å². The van der Waals surface area contributed by atoms with Gasteiger partial charge in [-0.3, -0.25) is 14.4 Å². The van der Waals surface area contributed by atoms with Gasteiger partial charge in [-0.2, -0.15) is 26.3 Å². The lowest BCUT2D eigenvalue weighted by molar-refractivity contribution is -0.143. The Balaban J connectivity index is 2.01. The lowest BCUT2D eigenvalue weighted by Gasteiger charge is -2.15. The maximum Gasteiger partial charge on any atom is 0.416 e. The van der Waals surface area contributed by atoms with Crippen LogP contribution in [0.2, 0.25) is 0 Å². The third-order valence-corrected chi connectivity index (χ3v) is 4.85. The summed E-state index contributed by atoms with van der Waals surface area (Å²) >= 11 is 0. The molecular formula is C24H15F6NO3. The van der Waals surface area contributed by atoms with Crippen molar-refractivity contribution in [3.63, 3.8) is 0 Å². The van der Waals surface area contributed by atoms with Gasteiger partial charge in [0.2, 0.25) is 0 Å². The van der Waals surface area contributed by atoms with Gasteiger partial charge < -0.3 is 5.32 Å². The highest BCUT2D eigenvalue weighted by Crippen LogP contribution is 2.36. The fourth-order valence-corrected chi connectivity index (χ4v) is 3.20. The summed E-state index contributed by atoms with van der Waals surface area (Å²) in [6, 6.07) is 11.1. The first kappa shape index (κ1) is 24.7. The molecular weight excluding hydrogens is 464 g/mol. The van der Waals surface area contributed by atoms with Crippen molar-refractivity contribution in [3.05, 3.63) is 88.5 Å². The summed E-state index contributed by atoms with van der Waals surface area (Å²) < 4.78 is 78.5. The smallest absolute Gasteiger partial charge is 0.321 e. The third-order valence-electron chi connectivity index (χ3n) is 4.85. The fourth-order valence-electron chi connectivity index (χ4n) is 3.20. The standard InChI is InChI=1S/C24H15F6NO3/c1-13(33)20-10-16(15-4-2-3-14(7-15)12-32)5-6-21(20)31-22(34)17-8-18(23(25,26)27)11-19(9-17)24(28,29)30/h2-12H,1H3,(H,31,34). The van der Waals surface area contributed by atoms with Gasteiger partial charge in [0.05, 0.1) is 16.8 Å². The van der Waals surface area contributed by atoms with Crippen LogP contribution in [0.15, 0.2) is 60.7 Å². The number of aldehydes is 1. The van der Waals surface area contributed by atoms with Crippen LogP contribution in [0, 0.1) is 0 Å². The highest BCUT2D eigenvalue weighted by molar-refractivity contribution is 6.09. The van der Waals surface area contributed by atoms with Crippen LogP contribution in [-0.4, -0.2) is 18.0 Å². The van der Waals surface area contributed by atoms with Crippen molar-refractivity contribution in [1.29, 1.82) is 0 Å². The zero-order valence-electron chi connectivity index (χ0n) is 17.3. The summed E-state index contributed by atoms with van der Waals surface area (Å²) in [6.45, 7) is 1.18. The van der Waals surface area contributed by atoms with Crippen LogP contribution in [0.5, 0.6) is 0 Å². The molecule has 0 atom stereocenters. The number of anilines is 1. The number of hydrogen-bond acceptors (Lipinski definition) is 3. The van der Waals surface area contributed by atoms with Gasteiger partial charge in [0.15, 0.2) is 5.78 Å². The van der Waals surface area contributed by atoms with Gasteiger partial charge >= 0.3 is 12.4 Å². The Morgan fingerprint density at radius 3 is 1.91 bits per heavy atom. The molecule has 3 aromatic carbocycles. The molecule has 3 aromatic rings. The molecule has 0 radical (unpaired) electrons.